The number of nitrogens with one attached hydrogen (secondary N) is 1. The van der Waals surface area contributed by atoms with Crippen molar-refractivity contribution in [1.82, 2.24) is 9.97 Å². The highest BCUT2D eigenvalue weighted by molar-refractivity contribution is 6.33. The lowest BCUT2D eigenvalue weighted by Gasteiger charge is -2.08. The molecule has 0 atom stereocenters. The molecule has 1 aromatic heterocycles. The van der Waals surface area contributed by atoms with E-state index in [1.54, 1.807) is 7.11 Å². The molecule has 0 saturated heterocycles. The summed E-state index contributed by atoms with van der Waals surface area (Å²) in [6.07, 6.45) is 1.47. The Hall–Kier alpha value is -1.52. The fourth-order valence-electron chi connectivity index (χ4n) is 1.40. The second-order valence-corrected chi connectivity index (χ2v) is 4.28. The third kappa shape index (κ3) is 3.24. The van der Waals surface area contributed by atoms with Crippen LogP contribution in [0.25, 0.3) is 0 Å². The molecule has 4 nitrogen and oxygen atoms in total. The average Bonchev–Trinajstić information content (AvgIpc) is 2.40. The number of hydrogen-bond acceptors (Lipinski definition) is 4. The number of ether oxygens (including phenoxy) is 1. The highest BCUT2D eigenvalue weighted by Gasteiger charge is 2.03. The molecule has 0 unspecified atom stereocenters. The molecule has 0 bridgehead atoms. The van der Waals surface area contributed by atoms with Crippen LogP contribution in [0.15, 0.2) is 30.5 Å². The summed E-state index contributed by atoms with van der Waals surface area (Å²) in [5, 5.41) is 3.70. The molecule has 0 aliphatic rings. The van der Waals surface area contributed by atoms with Crippen molar-refractivity contribution < 1.29 is 4.74 Å². The number of benzene rings is 1. The number of halogens is 2. The first-order valence-corrected chi connectivity index (χ1v) is 5.99. The largest absolute Gasteiger partial charge is 0.497 e. The molecule has 1 aromatic carbocycles. The first-order valence-electron chi connectivity index (χ1n) is 5.24. The quantitative estimate of drug-likeness (QED) is 0.874. The molecular formula is C12H11Cl2N3O. The molecule has 2 aromatic rings. The standard InChI is InChI=1S/C12H11Cl2N3O/c1-18-9-4-2-8(3-5-9)6-15-11-10(13)7-16-12(14)17-11/h2-5,7H,6H2,1H3,(H,15,16,17). The zero-order chi connectivity index (χ0) is 13.0. The number of aromatic nitrogens is 2. The fourth-order valence-corrected chi connectivity index (χ4v) is 1.69. The molecule has 0 radical (unpaired) electrons. The topological polar surface area (TPSA) is 47.0 Å². The Bertz CT molecular complexity index is 531. The molecule has 0 fully saturated rings. The third-order valence-electron chi connectivity index (χ3n) is 2.33. The minimum Gasteiger partial charge on any atom is -0.497 e. The van der Waals surface area contributed by atoms with Crippen molar-refractivity contribution in [2.45, 2.75) is 6.54 Å². The Morgan fingerprint density at radius 2 is 1.94 bits per heavy atom. The van der Waals surface area contributed by atoms with Gasteiger partial charge in [0.1, 0.15) is 16.6 Å². The van der Waals surface area contributed by atoms with E-state index in [1.165, 1.54) is 6.20 Å². The van der Waals surface area contributed by atoms with E-state index < -0.39 is 0 Å². The summed E-state index contributed by atoms with van der Waals surface area (Å²) in [4.78, 5) is 7.79. The van der Waals surface area contributed by atoms with E-state index in [0.29, 0.717) is 17.4 Å². The van der Waals surface area contributed by atoms with Gasteiger partial charge in [-0.3, -0.25) is 0 Å². The van der Waals surface area contributed by atoms with Crippen molar-refractivity contribution in [2.75, 3.05) is 12.4 Å². The van der Waals surface area contributed by atoms with Crippen LogP contribution in [0, 0.1) is 0 Å². The van der Waals surface area contributed by atoms with Crippen molar-refractivity contribution in [3.63, 3.8) is 0 Å². The van der Waals surface area contributed by atoms with E-state index >= 15 is 0 Å². The second kappa shape index (κ2) is 5.89. The summed E-state index contributed by atoms with van der Waals surface area (Å²) < 4.78 is 5.09. The molecule has 0 saturated carbocycles. The minimum atomic E-state index is 0.164. The van der Waals surface area contributed by atoms with Gasteiger partial charge in [-0.25, -0.2) is 4.98 Å². The SMILES string of the molecule is COc1ccc(CNc2nc(Cl)ncc2Cl)cc1. The summed E-state index contributed by atoms with van der Waals surface area (Å²) in [7, 11) is 1.63. The number of anilines is 1. The van der Waals surface area contributed by atoms with Crippen LogP contribution in [-0.2, 0) is 6.54 Å². The molecule has 0 spiro atoms. The fraction of sp³-hybridized carbons (Fsp3) is 0.167. The number of hydrogen-bond donors (Lipinski definition) is 1. The summed E-state index contributed by atoms with van der Waals surface area (Å²) in [6.45, 7) is 0.594. The lowest BCUT2D eigenvalue weighted by molar-refractivity contribution is 0.414. The van der Waals surface area contributed by atoms with Crippen LogP contribution in [-0.4, -0.2) is 17.1 Å². The van der Waals surface area contributed by atoms with Crippen LogP contribution in [0.1, 0.15) is 5.56 Å². The van der Waals surface area contributed by atoms with Crippen LogP contribution >= 0.6 is 23.2 Å². The van der Waals surface area contributed by atoms with Gasteiger partial charge < -0.3 is 10.1 Å². The monoisotopic (exact) mass is 283 g/mol. The summed E-state index contributed by atoms with van der Waals surface area (Å²) >= 11 is 11.6. The van der Waals surface area contributed by atoms with Gasteiger partial charge in [-0.05, 0) is 29.3 Å². The van der Waals surface area contributed by atoms with E-state index in [9.17, 15) is 0 Å². The molecule has 0 aliphatic carbocycles. The van der Waals surface area contributed by atoms with Crippen LogP contribution in [0.3, 0.4) is 0 Å². The number of methoxy groups -OCH3 is 1. The van der Waals surface area contributed by atoms with Crippen molar-refractivity contribution in [2.24, 2.45) is 0 Å². The van der Waals surface area contributed by atoms with Gasteiger partial charge in [-0.2, -0.15) is 4.98 Å². The maximum atomic E-state index is 5.94. The Kier molecular flexibility index (Phi) is 4.23. The van der Waals surface area contributed by atoms with Crippen LogP contribution < -0.4 is 10.1 Å². The maximum absolute atomic E-state index is 5.94. The molecule has 18 heavy (non-hydrogen) atoms. The number of rotatable bonds is 4. The molecule has 0 amide bonds. The van der Waals surface area contributed by atoms with Crippen molar-refractivity contribution in [3.05, 3.63) is 46.3 Å². The smallest absolute Gasteiger partial charge is 0.224 e. The van der Waals surface area contributed by atoms with Gasteiger partial charge in [0.25, 0.3) is 0 Å². The first-order chi connectivity index (χ1) is 8.69. The van der Waals surface area contributed by atoms with Gasteiger partial charge in [0.15, 0.2) is 0 Å². The van der Waals surface area contributed by atoms with Gasteiger partial charge in [-0.1, -0.05) is 23.7 Å². The maximum Gasteiger partial charge on any atom is 0.224 e. The molecule has 0 aliphatic heterocycles. The zero-order valence-corrected chi connectivity index (χ0v) is 11.2. The molecule has 6 heteroatoms. The molecule has 1 heterocycles. The van der Waals surface area contributed by atoms with E-state index in [4.69, 9.17) is 27.9 Å². The average molecular weight is 284 g/mol. The summed E-state index contributed by atoms with van der Waals surface area (Å²) in [5.41, 5.74) is 1.08. The lowest BCUT2D eigenvalue weighted by atomic mass is 10.2. The van der Waals surface area contributed by atoms with E-state index in [2.05, 4.69) is 15.3 Å². The summed E-state index contributed by atoms with van der Waals surface area (Å²) in [5.74, 6) is 1.34. The predicted molar refractivity (Wildman–Crippen MR) is 72.4 cm³/mol. The van der Waals surface area contributed by atoms with Gasteiger partial charge in [-0.15, -0.1) is 0 Å². The lowest BCUT2D eigenvalue weighted by Crippen LogP contribution is -2.02. The van der Waals surface area contributed by atoms with Crippen molar-refractivity contribution in [3.8, 4) is 5.75 Å². The Balaban J connectivity index is 2.04. The molecule has 94 valence electrons. The Morgan fingerprint density at radius 3 is 2.61 bits per heavy atom. The van der Waals surface area contributed by atoms with Crippen LogP contribution in [0.5, 0.6) is 5.75 Å². The van der Waals surface area contributed by atoms with E-state index in [1.807, 2.05) is 24.3 Å². The van der Waals surface area contributed by atoms with Gasteiger partial charge in [0, 0.05) is 6.54 Å². The van der Waals surface area contributed by atoms with Gasteiger partial charge in [0.2, 0.25) is 5.28 Å². The molecular weight excluding hydrogens is 273 g/mol. The molecule has 1 N–H and O–H groups in total. The first kappa shape index (κ1) is 12.9. The van der Waals surface area contributed by atoms with Gasteiger partial charge >= 0.3 is 0 Å². The second-order valence-electron chi connectivity index (χ2n) is 3.54. The minimum absolute atomic E-state index is 0.164. The van der Waals surface area contributed by atoms with Crippen molar-refractivity contribution in [1.29, 1.82) is 0 Å². The van der Waals surface area contributed by atoms with Crippen LogP contribution in [0.4, 0.5) is 5.82 Å². The third-order valence-corrected chi connectivity index (χ3v) is 2.79. The summed E-state index contributed by atoms with van der Waals surface area (Å²) in [6, 6.07) is 7.71. The Morgan fingerprint density at radius 1 is 1.22 bits per heavy atom. The molecule has 2 rings (SSSR count). The van der Waals surface area contributed by atoms with Gasteiger partial charge in [0.05, 0.1) is 13.3 Å². The highest BCUT2D eigenvalue weighted by atomic mass is 35.5. The Labute approximate surface area is 115 Å². The van der Waals surface area contributed by atoms with Crippen molar-refractivity contribution >= 4 is 29.0 Å². The van der Waals surface area contributed by atoms with Crippen LogP contribution in [0.2, 0.25) is 10.3 Å². The predicted octanol–water partition coefficient (Wildman–Crippen LogP) is 3.40. The highest BCUT2D eigenvalue weighted by Crippen LogP contribution is 2.20. The zero-order valence-electron chi connectivity index (χ0n) is 9.65. The van der Waals surface area contributed by atoms with E-state index in [0.717, 1.165) is 11.3 Å². The van der Waals surface area contributed by atoms with E-state index in [-0.39, 0.29) is 5.28 Å². The normalized spacial score (nSPS) is 10.2. The number of nitrogens with zero attached hydrogens (tertiary/aromatic N) is 2.